The van der Waals surface area contributed by atoms with E-state index in [4.69, 9.17) is 21.1 Å². The Morgan fingerprint density at radius 1 is 1.23 bits per heavy atom. The van der Waals surface area contributed by atoms with Gasteiger partial charge in [0.1, 0.15) is 12.2 Å². The van der Waals surface area contributed by atoms with Crippen molar-refractivity contribution in [1.29, 1.82) is 0 Å². The average Bonchev–Trinajstić information content (AvgIpc) is 2.70. The highest BCUT2D eigenvalue weighted by atomic mass is 79.9. The standard InChI is InChI=1S/C21H16BrClN2O5/c1-3-7-30-18-16(23)9-12(10-17(18)29-2)8-15-19(26)24-21(28)25(20(15)27)14-6-4-5-13(22)11-14/h3-6,8-11H,1,7H2,2H3,(H,24,26,28)/b15-8-. The third kappa shape index (κ3) is 4.39. The highest BCUT2D eigenvalue weighted by Crippen LogP contribution is 2.37. The van der Waals surface area contributed by atoms with Crippen LogP contribution < -0.4 is 19.7 Å². The number of benzene rings is 2. The van der Waals surface area contributed by atoms with Gasteiger partial charge in [0, 0.05) is 4.47 Å². The van der Waals surface area contributed by atoms with Crippen LogP contribution in [-0.4, -0.2) is 31.6 Å². The Labute approximate surface area is 186 Å². The van der Waals surface area contributed by atoms with Crippen LogP contribution >= 0.6 is 27.5 Å². The lowest BCUT2D eigenvalue weighted by Crippen LogP contribution is -2.54. The molecule has 0 aliphatic carbocycles. The first-order valence-corrected chi connectivity index (χ1v) is 9.81. The number of nitrogens with zero attached hydrogens (tertiary/aromatic N) is 1. The number of ether oxygens (including phenoxy) is 2. The molecule has 1 aliphatic heterocycles. The summed E-state index contributed by atoms with van der Waals surface area (Å²) in [5.41, 5.74) is 0.506. The fourth-order valence-corrected chi connectivity index (χ4v) is 3.44. The number of hydrogen-bond acceptors (Lipinski definition) is 5. The van der Waals surface area contributed by atoms with E-state index in [1.807, 2.05) is 0 Å². The lowest BCUT2D eigenvalue weighted by molar-refractivity contribution is -0.122. The van der Waals surface area contributed by atoms with Gasteiger partial charge in [0.25, 0.3) is 11.8 Å². The average molecular weight is 492 g/mol. The van der Waals surface area contributed by atoms with Gasteiger partial charge in [-0.25, -0.2) is 9.69 Å². The number of amides is 4. The molecule has 30 heavy (non-hydrogen) atoms. The number of methoxy groups -OCH3 is 1. The van der Waals surface area contributed by atoms with Gasteiger partial charge in [0.15, 0.2) is 11.5 Å². The quantitative estimate of drug-likeness (QED) is 0.369. The largest absolute Gasteiger partial charge is 0.493 e. The van der Waals surface area contributed by atoms with Gasteiger partial charge in [0.2, 0.25) is 0 Å². The summed E-state index contributed by atoms with van der Waals surface area (Å²) in [5.74, 6) is -0.936. The van der Waals surface area contributed by atoms with Crippen LogP contribution in [0.4, 0.5) is 10.5 Å². The lowest BCUT2D eigenvalue weighted by atomic mass is 10.1. The SMILES string of the molecule is C=CCOc1c(Cl)cc(/C=C2/C(=O)NC(=O)N(c3cccc(Br)c3)C2=O)cc1OC. The molecular weight excluding hydrogens is 476 g/mol. The summed E-state index contributed by atoms with van der Waals surface area (Å²) >= 11 is 9.58. The number of anilines is 1. The molecule has 1 aliphatic rings. The maximum absolute atomic E-state index is 13.0. The number of carbonyl (C=O) groups excluding carboxylic acids is 3. The number of urea groups is 1. The van der Waals surface area contributed by atoms with Gasteiger partial charge in [-0.2, -0.15) is 0 Å². The van der Waals surface area contributed by atoms with Crippen LogP contribution in [0, 0.1) is 0 Å². The minimum Gasteiger partial charge on any atom is -0.493 e. The van der Waals surface area contributed by atoms with E-state index in [-0.39, 0.29) is 17.2 Å². The zero-order valence-corrected chi connectivity index (χ0v) is 18.1. The molecule has 0 radical (unpaired) electrons. The van der Waals surface area contributed by atoms with Crippen molar-refractivity contribution in [2.75, 3.05) is 18.6 Å². The first-order chi connectivity index (χ1) is 14.3. The Morgan fingerprint density at radius 2 is 2.00 bits per heavy atom. The van der Waals surface area contributed by atoms with Crippen LogP contribution in [-0.2, 0) is 9.59 Å². The van der Waals surface area contributed by atoms with Gasteiger partial charge < -0.3 is 9.47 Å². The molecule has 7 nitrogen and oxygen atoms in total. The predicted octanol–water partition coefficient (Wildman–Crippen LogP) is 4.34. The summed E-state index contributed by atoms with van der Waals surface area (Å²) in [6, 6.07) is 8.86. The van der Waals surface area contributed by atoms with Crippen molar-refractivity contribution in [3.05, 3.63) is 69.7 Å². The van der Waals surface area contributed by atoms with Gasteiger partial charge in [-0.1, -0.05) is 46.3 Å². The summed E-state index contributed by atoms with van der Waals surface area (Å²) in [6.07, 6.45) is 2.89. The second-order valence-corrected chi connectivity index (χ2v) is 7.39. The molecule has 0 aromatic heterocycles. The first-order valence-electron chi connectivity index (χ1n) is 8.64. The van der Waals surface area contributed by atoms with Gasteiger partial charge in [0.05, 0.1) is 17.8 Å². The van der Waals surface area contributed by atoms with Gasteiger partial charge in [-0.15, -0.1) is 0 Å². The van der Waals surface area contributed by atoms with Gasteiger partial charge in [-0.05, 0) is 42.0 Å². The fourth-order valence-electron chi connectivity index (χ4n) is 2.78. The smallest absolute Gasteiger partial charge is 0.335 e. The summed E-state index contributed by atoms with van der Waals surface area (Å²) in [6.45, 7) is 3.80. The fraction of sp³-hybridized carbons (Fsp3) is 0.0952. The lowest BCUT2D eigenvalue weighted by Gasteiger charge is -2.26. The third-order valence-electron chi connectivity index (χ3n) is 4.08. The van der Waals surface area contributed by atoms with E-state index in [2.05, 4.69) is 27.8 Å². The van der Waals surface area contributed by atoms with E-state index in [1.54, 1.807) is 36.4 Å². The number of hydrogen-bond donors (Lipinski definition) is 1. The van der Waals surface area contributed by atoms with Crippen LogP contribution in [0.15, 0.2) is 59.1 Å². The molecule has 1 fully saturated rings. The van der Waals surface area contributed by atoms with Crippen molar-refractivity contribution in [2.45, 2.75) is 0 Å². The molecule has 1 heterocycles. The summed E-state index contributed by atoms with van der Waals surface area (Å²) in [7, 11) is 1.44. The summed E-state index contributed by atoms with van der Waals surface area (Å²) in [4.78, 5) is 38.5. The second-order valence-electron chi connectivity index (χ2n) is 6.07. The van der Waals surface area contributed by atoms with E-state index in [0.29, 0.717) is 27.2 Å². The van der Waals surface area contributed by atoms with Crippen molar-refractivity contribution >= 4 is 57.1 Å². The Kier molecular flexibility index (Phi) is 6.59. The number of barbiturate groups is 1. The Bertz CT molecular complexity index is 1080. The number of rotatable bonds is 6. The zero-order chi connectivity index (χ0) is 21.8. The highest BCUT2D eigenvalue weighted by molar-refractivity contribution is 9.10. The van der Waals surface area contributed by atoms with Crippen LogP contribution in [0.2, 0.25) is 5.02 Å². The van der Waals surface area contributed by atoms with Crippen LogP contribution in [0.5, 0.6) is 11.5 Å². The molecule has 0 unspecified atom stereocenters. The molecule has 3 rings (SSSR count). The molecule has 0 bridgehead atoms. The van der Waals surface area contributed by atoms with Crippen LogP contribution in [0.25, 0.3) is 6.08 Å². The molecule has 4 amide bonds. The van der Waals surface area contributed by atoms with Gasteiger partial charge >= 0.3 is 6.03 Å². The normalized spacial score (nSPS) is 15.2. The van der Waals surface area contributed by atoms with Crippen molar-refractivity contribution < 1.29 is 23.9 Å². The maximum atomic E-state index is 13.0. The molecule has 2 aromatic carbocycles. The number of nitrogens with one attached hydrogen (secondary N) is 1. The van der Waals surface area contributed by atoms with Crippen LogP contribution in [0.1, 0.15) is 5.56 Å². The zero-order valence-electron chi connectivity index (χ0n) is 15.8. The molecule has 0 saturated carbocycles. The number of carbonyl (C=O) groups is 3. The monoisotopic (exact) mass is 490 g/mol. The highest BCUT2D eigenvalue weighted by Gasteiger charge is 2.37. The van der Waals surface area contributed by atoms with Crippen molar-refractivity contribution in [1.82, 2.24) is 5.32 Å². The Morgan fingerprint density at radius 3 is 2.67 bits per heavy atom. The molecule has 154 valence electrons. The van der Waals surface area contributed by atoms with Crippen molar-refractivity contribution in [3.8, 4) is 11.5 Å². The second kappa shape index (κ2) is 9.15. The summed E-state index contributed by atoms with van der Waals surface area (Å²) < 4.78 is 11.5. The maximum Gasteiger partial charge on any atom is 0.335 e. The minimum atomic E-state index is -0.830. The van der Waals surface area contributed by atoms with E-state index in [9.17, 15) is 14.4 Å². The predicted molar refractivity (Wildman–Crippen MR) is 117 cm³/mol. The van der Waals surface area contributed by atoms with E-state index < -0.39 is 17.8 Å². The topological polar surface area (TPSA) is 84.9 Å². The molecule has 2 aromatic rings. The molecular formula is C21H16BrClN2O5. The third-order valence-corrected chi connectivity index (χ3v) is 4.85. The van der Waals surface area contributed by atoms with E-state index in [1.165, 1.54) is 19.3 Å². The number of halogens is 2. The molecule has 1 saturated heterocycles. The Hall–Kier alpha value is -3.10. The Balaban J connectivity index is 2.02. The van der Waals surface area contributed by atoms with Gasteiger partial charge in [-0.3, -0.25) is 14.9 Å². The van der Waals surface area contributed by atoms with Crippen LogP contribution in [0.3, 0.4) is 0 Å². The first kappa shape index (κ1) is 21.6. The summed E-state index contributed by atoms with van der Waals surface area (Å²) in [5, 5.41) is 2.40. The minimum absolute atomic E-state index is 0.223. The molecule has 1 N–H and O–H groups in total. The van der Waals surface area contributed by atoms with Crippen molar-refractivity contribution in [2.24, 2.45) is 0 Å². The van der Waals surface area contributed by atoms with E-state index >= 15 is 0 Å². The molecule has 9 heteroatoms. The molecule has 0 spiro atoms. The van der Waals surface area contributed by atoms with E-state index in [0.717, 1.165) is 4.90 Å². The number of imide groups is 2. The molecule has 0 atom stereocenters. The van der Waals surface area contributed by atoms with Crippen molar-refractivity contribution in [3.63, 3.8) is 0 Å².